The quantitative estimate of drug-likeness (QED) is 0.490. The highest BCUT2D eigenvalue weighted by Gasteiger charge is 2.27. The van der Waals surface area contributed by atoms with E-state index in [0.717, 1.165) is 5.70 Å². The number of carbonyl (C=O) groups is 1. The summed E-state index contributed by atoms with van der Waals surface area (Å²) in [7, 11) is 0. The van der Waals surface area contributed by atoms with Crippen molar-refractivity contribution in [1.82, 2.24) is 4.90 Å². The van der Waals surface area contributed by atoms with Crippen LogP contribution >= 0.6 is 0 Å². The van der Waals surface area contributed by atoms with Gasteiger partial charge in [0, 0.05) is 12.6 Å². The van der Waals surface area contributed by atoms with Gasteiger partial charge in [-0.3, -0.25) is 4.90 Å². The average molecular weight is 136 g/mol. The molecule has 0 atom stereocenters. The summed E-state index contributed by atoms with van der Waals surface area (Å²) in [6.07, 6.45) is 6.35. The molecule has 2 aliphatic rings. The minimum absolute atomic E-state index is 0.258. The van der Waals surface area contributed by atoms with Crippen LogP contribution in [-0.2, 0) is 4.74 Å². The Hall–Kier alpha value is -1.25. The minimum Gasteiger partial charge on any atom is -0.443 e. The summed E-state index contributed by atoms with van der Waals surface area (Å²) in [5, 5.41) is 0. The summed E-state index contributed by atoms with van der Waals surface area (Å²) in [4.78, 5) is 12.4. The molecule has 1 amide bonds. The molecule has 0 saturated carbocycles. The van der Waals surface area contributed by atoms with Crippen molar-refractivity contribution in [3.8, 4) is 0 Å². The van der Waals surface area contributed by atoms with E-state index in [9.17, 15) is 4.79 Å². The SMILES string of the molecule is O=C1OCC2=[C]C=CCN12. The third-order valence-corrected chi connectivity index (χ3v) is 1.53. The zero-order valence-electron chi connectivity index (χ0n) is 5.33. The summed E-state index contributed by atoms with van der Waals surface area (Å²) >= 11 is 0. The number of ether oxygens (including phenoxy) is 1. The Balaban J connectivity index is 2.31. The molecular formula is C7H6NO2. The first-order chi connectivity index (χ1) is 4.88. The lowest BCUT2D eigenvalue weighted by Gasteiger charge is -2.13. The van der Waals surface area contributed by atoms with Crippen LogP contribution in [0.25, 0.3) is 0 Å². The molecule has 0 aromatic rings. The van der Waals surface area contributed by atoms with E-state index < -0.39 is 0 Å². The minimum atomic E-state index is -0.258. The normalized spacial score (nSPS) is 22.2. The van der Waals surface area contributed by atoms with Gasteiger partial charge in [0.25, 0.3) is 0 Å². The van der Waals surface area contributed by atoms with Gasteiger partial charge in [-0.2, -0.15) is 0 Å². The number of hydrogen-bond acceptors (Lipinski definition) is 2. The van der Waals surface area contributed by atoms with Crippen molar-refractivity contribution >= 4 is 6.09 Å². The first kappa shape index (κ1) is 5.53. The third-order valence-electron chi connectivity index (χ3n) is 1.53. The van der Waals surface area contributed by atoms with Crippen LogP contribution in [0.3, 0.4) is 0 Å². The molecule has 0 aromatic heterocycles. The van der Waals surface area contributed by atoms with Crippen molar-refractivity contribution < 1.29 is 9.53 Å². The van der Waals surface area contributed by atoms with Gasteiger partial charge in [0.05, 0.1) is 5.70 Å². The molecule has 2 rings (SSSR count). The second-order valence-electron chi connectivity index (χ2n) is 2.16. The molecule has 3 nitrogen and oxygen atoms in total. The van der Waals surface area contributed by atoms with Crippen LogP contribution in [0.15, 0.2) is 17.8 Å². The molecule has 0 N–H and O–H groups in total. The van der Waals surface area contributed by atoms with Crippen molar-refractivity contribution in [1.29, 1.82) is 0 Å². The van der Waals surface area contributed by atoms with Gasteiger partial charge < -0.3 is 4.74 Å². The number of fused-ring (bicyclic) bond motifs is 1. The number of cyclic esters (lactones) is 1. The second-order valence-corrected chi connectivity index (χ2v) is 2.16. The molecular weight excluding hydrogens is 130 g/mol. The third kappa shape index (κ3) is 0.635. The average Bonchev–Trinajstić information content (AvgIpc) is 2.34. The molecule has 1 radical (unpaired) electrons. The maximum absolute atomic E-state index is 10.8. The van der Waals surface area contributed by atoms with Crippen LogP contribution in [0.5, 0.6) is 0 Å². The fourth-order valence-corrected chi connectivity index (χ4v) is 1.01. The fraction of sp³-hybridized carbons (Fsp3) is 0.286. The summed E-state index contributed by atoms with van der Waals surface area (Å²) in [6.45, 7) is 1.00. The first-order valence-corrected chi connectivity index (χ1v) is 3.09. The van der Waals surface area contributed by atoms with Crippen LogP contribution in [0, 0.1) is 6.08 Å². The maximum Gasteiger partial charge on any atom is 0.414 e. The van der Waals surface area contributed by atoms with Crippen molar-refractivity contribution in [2.45, 2.75) is 0 Å². The van der Waals surface area contributed by atoms with Crippen LogP contribution in [-0.4, -0.2) is 24.1 Å². The van der Waals surface area contributed by atoms with Crippen LogP contribution in [0.4, 0.5) is 4.79 Å². The molecule has 0 spiro atoms. The van der Waals surface area contributed by atoms with E-state index >= 15 is 0 Å². The Morgan fingerprint density at radius 3 is 3.40 bits per heavy atom. The first-order valence-electron chi connectivity index (χ1n) is 3.09. The monoisotopic (exact) mass is 136 g/mol. The molecule has 2 heterocycles. The Morgan fingerprint density at radius 1 is 1.70 bits per heavy atom. The van der Waals surface area contributed by atoms with Gasteiger partial charge in [-0.15, -0.1) is 0 Å². The molecule has 0 unspecified atom stereocenters. The number of hydrogen-bond donors (Lipinski definition) is 0. The lowest BCUT2D eigenvalue weighted by atomic mass is 10.3. The molecule has 0 aliphatic carbocycles. The van der Waals surface area contributed by atoms with E-state index in [2.05, 4.69) is 6.08 Å². The molecule has 1 saturated heterocycles. The summed E-state index contributed by atoms with van der Waals surface area (Å²) in [6, 6.07) is 0. The topological polar surface area (TPSA) is 29.5 Å². The van der Waals surface area contributed by atoms with E-state index in [4.69, 9.17) is 4.74 Å². The van der Waals surface area contributed by atoms with Gasteiger partial charge in [-0.1, -0.05) is 12.2 Å². The molecule has 3 heteroatoms. The van der Waals surface area contributed by atoms with E-state index in [1.165, 1.54) is 0 Å². The highest BCUT2D eigenvalue weighted by atomic mass is 16.6. The fourth-order valence-electron chi connectivity index (χ4n) is 1.01. The Kier molecular flexibility index (Phi) is 1.03. The van der Waals surface area contributed by atoms with Gasteiger partial charge in [0.2, 0.25) is 0 Å². The predicted molar refractivity (Wildman–Crippen MR) is 33.9 cm³/mol. The predicted octanol–water partition coefficient (Wildman–Crippen LogP) is 0.695. The van der Waals surface area contributed by atoms with Gasteiger partial charge in [0.1, 0.15) is 6.61 Å². The largest absolute Gasteiger partial charge is 0.443 e. The van der Waals surface area contributed by atoms with E-state index in [0.29, 0.717) is 13.2 Å². The van der Waals surface area contributed by atoms with Gasteiger partial charge in [-0.25, -0.2) is 4.79 Å². The second kappa shape index (κ2) is 1.87. The van der Waals surface area contributed by atoms with Crippen LogP contribution < -0.4 is 0 Å². The highest BCUT2D eigenvalue weighted by molar-refractivity contribution is 5.73. The number of carbonyl (C=O) groups excluding carboxylic acids is 1. The molecule has 10 heavy (non-hydrogen) atoms. The molecule has 0 bridgehead atoms. The summed E-state index contributed by atoms with van der Waals surface area (Å²) in [5.41, 5.74) is 0.840. The lowest BCUT2D eigenvalue weighted by Crippen LogP contribution is -2.24. The van der Waals surface area contributed by atoms with Gasteiger partial charge in [0.15, 0.2) is 0 Å². The smallest absolute Gasteiger partial charge is 0.414 e. The van der Waals surface area contributed by atoms with Gasteiger partial charge in [-0.05, 0) is 0 Å². The maximum atomic E-state index is 10.8. The number of amides is 1. The zero-order chi connectivity index (χ0) is 6.97. The van der Waals surface area contributed by atoms with Crippen LogP contribution in [0.1, 0.15) is 0 Å². The number of allylic oxidation sites excluding steroid dienone is 2. The van der Waals surface area contributed by atoms with E-state index in [1.54, 1.807) is 4.90 Å². The van der Waals surface area contributed by atoms with E-state index in [1.807, 2.05) is 12.2 Å². The Bertz CT molecular complexity index is 230. The summed E-state index contributed by atoms with van der Waals surface area (Å²) < 4.78 is 4.75. The van der Waals surface area contributed by atoms with Crippen molar-refractivity contribution in [2.75, 3.05) is 13.2 Å². The lowest BCUT2D eigenvalue weighted by molar-refractivity contribution is 0.161. The van der Waals surface area contributed by atoms with Crippen molar-refractivity contribution in [3.63, 3.8) is 0 Å². The molecule has 2 aliphatic heterocycles. The summed E-state index contributed by atoms with van der Waals surface area (Å²) in [5.74, 6) is 0. The molecule has 0 aromatic carbocycles. The van der Waals surface area contributed by atoms with Crippen LogP contribution in [0.2, 0.25) is 0 Å². The Morgan fingerprint density at radius 2 is 2.60 bits per heavy atom. The Labute approximate surface area is 58.6 Å². The van der Waals surface area contributed by atoms with Crippen molar-refractivity contribution in [2.24, 2.45) is 0 Å². The molecule has 51 valence electrons. The van der Waals surface area contributed by atoms with E-state index in [-0.39, 0.29) is 6.09 Å². The van der Waals surface area contributed by atoms with Crippen molar-refractivity contribution in [3.05, 3.63) is 23.9 Å². The number of rotatable bonds is 0. The highest BCUT2D eigenvalue weighted by Crippen LogP contribution is 2.17. The molecule has 1 fully saturated rings. The van der Waals surface area contributed by atoms with Gasteiger partial charge >= 0.3 is 6.09 Å². The number of nitrogens with zero attached hydrogens (tertiary/aromatic N) is 1. The zero-order valence-corrected chi connectivity index (χ0v) is 5.33. The standard InChI is InChI=1S/C7H6NO2/c9-7-8-4-2-1-3-6(8)5-10-7/h1-2H,4-5H2.